The highest BCUT2D eigenvalue weighted by Gasteiger charge is 2.25. The zero-order valence-corrected chi connectivity index (χ0v) is 16.1. The summed E-state index contributed by atoms with van der Waals surface area (Å²) in [5.41, 5.74) is 4.39. The SMILES string of the molecule is Cc1cc(C=Cc2n[nH]c3ccccc23)ccc1C(=O)N1CCN(C(=O)O)CC1. The van der Waals surface area contributed by atoms with Crippen molar-refractivity contribution in [1.29, 1.82) is 0 Å². The van der Waals surface area contributed by atoms with E-state index < -0.39 is 6.09 Å². The molecule has 2 N–H and O–H groups in total. The monoisotopic (exact) mass is 390 g/mol. The first kappa shape index (κ1) is 18.7. The Morgan fingerprint density at radius 3 is 2.48 bits per heavy atom. The largest absolute Gasteiger partial charge is 0.465 e. The highest BCUT2D eigenvalue weighted by molar-refractivity contribution is 5.96. The summed E-state index contributed by atoms with van der Waals surface area (Å²) in [5, 5.41) is 17.5. The number of carbonyl (C=O) groups excluding carboxylic acids is 1. The van der Waals surface area contributed by atoms with Crippen molar-refractivity contribution in [2.24, 2.45) is 0 Å². The lowest BCUT2D eigenvalue weighted by atomic mass is 10.0. The topological polar surface area (TPSA) is 89.5 Å². The van der Waals surface area contributed by atoms with Crippen molar-refractivity contribution in [2.75, 3.05) is 26.2 Å². The molecule has 0 spiro atoms. The quantitative estimate of drug-likeness (QED) is 0.717. The molecule has 2 heterocycles. The second kappa shape index (κ2) is 7.79. The van der Waals surface area contributed by atoms with Gasteiger partial charge in [0.1, 0.15) is 0 Å². The van der Waals surface area contributed by atoms with Gasteiger partial charge >= 0.3 is 6.09 Å². The Balaban J connectivity index is 1.48. The Morgan fingerprint density at radius 2 is 1.76 bits per heavy atom. The van der Waals surface area contributed by atoms with Gasteiger partial charge in [-0.15, -0.1) is 0 Å². The first-order valence-electron chi connectivity index (χ1n) is 9.52. The lowest BCUT2D eigenvalue weighted by Gasteiger charge is -2.33. The molecule has 3 aromatic rings. The molecule has 1 aromatic heterocycles. The zero-order chi connectivity index (χ0) is 20.4. The van der Waals surface area contributed by atoms with Crippen LogP contribution < -0.4 is 0 Å². The van der Waals surface area contributed by atoms with Gasteiger partial charge in [0.05, 0.1) is 11.2 Å². The summed E-state index contributed by atoms with van der Waals surface area (Å²) in [5.74, 6) is -0.0543. The van der Waals surface area contributed by atoms with Gasteiger partial charge in [0.25, 0.3) is 5.91 Å². The number of H-pyrrole nitrogens is 1. The van der Waals surface area contributed by atoms with Crippen LogP contribution in [0.2, 0.25) is 0 Å². The number of piperazine rings is 1. The average Bonchev–Trinajstić information content (AvgIpc) is 3.15. The number of aryl methyl sites for hydroxylation is 1. The van der Waals surface area contributed by atoms with Crippen molar-refractivity contribution in [3.8, 4) is 0 Å². The Hall–Kier alpha value is -3.61. The van der Waals surface area contributed by atoms with Gasteiger partial charge in [-0.25, -0.2) is 4.79 Å². The minimum atomic E-state index is -0.936. The second-order valence-corrected chi connectivity index (χ2v) is 7.12. The third kappa shape index (κ3) is 3.85. The Morgan fingerprint density at radius 1 is 1.03 bits per heavy atom. The Bertz CT molecular complexity index is 1090. The summed E-state index contributed by atoms with van der Waals surface area (Å²) in [6.07, 6.45) is 3.00. The number of hydrogen-bond donors (Lipinski definition) is 2. The number of nitrogens with one attached hydrogen (secondary N) is 1. The maximum absolute atomic E-state index is 12.8. The molecule has 0 atom stereocenters. The third-order valence-electron chi connectivity index (χ3n) is 5.25. The fraction of sp³-hybridized carbons (Fsp3) is 0.227. The van der Waals surface area contributed by atoms with Crippen LogP contribution in [-0.2, 0) is 0 Å². The van der Waals surface area contributed by atoms with Gasteiger partial charge in [0, 0.05) is 37.1 Å². The van der Waals surface area contributed by atoms with E-state index in [-0.39, 0.29) is 5.91 Å². The van der Waals surface area contributed by atoms with Crippen molar-refractivity contribution >= 4 is 35.1 Å². The number of nitrogens with zero attached hydrogens (tertiary/aromatic N) is 3. The summed E-state index contributed by atoms with van der Waals surface area (Å²) in [7, 11) is 0. The third-order valence-corrected chi connectivity index (χ3v) is 5.25. The van der Waals surface area contributed by atoms with E-state index in [1.165, 1.54) is 4.90 Å². The number of aromatic amines is 1. The second-order valence-electron chi connectivity index (χ2n) is 7.12. The van der Waals surface area contributed by atoms with Gasteiger partial charge in [-0.3, -0.25) is 9.89 Å². The lowest BCUT2D eigenvalue weighted by molar-refractivity contribution is 0.0624. The van der Waals surface area contributed by atoms with Crippen LogP contribution in [-0.4, -0.2) is 63.3 Å². The number of amides is 2. The molecule has 148 valence electrons. The van der Waals surface area contributed by atoms with E-state index in [1.807, 2.05) is 61.5 Å². The molecular formula is C22H22N4O3. The van der Waals surface area contributed by atoms with Crippen LogP contribution in [0.1, 0.15) is 27.2 Å². The number of benzene rings is 2. The molecule has 2 aromatic carbocycles. The standard InChI is InChI=1S/C22H22N4O3/c1-15-14-16(7-9-20-18-4-2-3-5-19(18)23-24-20)6-8-17(15)21(27)25-10-12-26(13-11-25)22(28)29/h2-9,14H,10-13H2,1H3,(H,23,24)(H,28,29). The van der Waals surface area contributed by atoms with Crippen molar-refractivity contribution in [1.82, 2.24) is 20.0 Å². The molecule has 7 heteroatoms. The number of fused-ring (bicyclic) bond motifs is 1. The molecular weight excluding hydrogens is 368 g/mol. The molecule has 4 rings (SSSR count). The van der Waals surface area contributed by atoms with Crippen LogP contribution in [0.3, 0.4) is 0 Å². The Labute approximate surface area is 168 Å². The lowest BCUT2D eigenvalue weighted by Crippen LogP contribution is -2.50. The van der Waals surface area contributed by atoms with Crippen LogP contribution in [0.5, 0.6) is 0 Å². The zero-order valence-electron chi connectivity index (χ0n) is 16.1. The molecule has 1 fully saturated rings. The average molecular weight is 390 g/mol. The van der Waals surface area contributed by atoms with E-state index >= 15 is 0 Å². The van der Waals surface area contributed by atoms with E-state index in [9.17, 15) is 9.59 Å². The minimum absolute atomic E-state index is 0.0543. The molecule has 29 heavy (non-hydrogen) atoms. The maximum atomic E-state index is 12.8. The smallest absolute Gasteiger partial charge is 0.407 e. The Kier molecular flexibility index (Phi) is 5.03. The molecule has 0 bridgehead atoms. The normalized spacial score (nSPS) is 14.7. The van der Waals surface area contributed by atoms with E-state index in [1.54, 1.807) is 4.90 Å². The first-order valence-corrected chi connectivity index (χ1v) is 9.52. The van der Waals surface area contributed by atoms with Crippen LogP contribution in [0, 0.1) is 6.92 Å². The van der Waals surface area contributed by atoms with Crippen LogP contribution in [0.25, 0.3) is 23.1 Å². The summed E-state index contributed by atoms with van der Waals surface area (Å²) in [6.45, 7) is 3.44. The van der Waals surface area contributed by atoms with Crippen LogP contribution >= 0.6 is 0 Å². The minimum Gasteiger partial charge on any atom is -0.465 e. The highest BCUT2D eigenvalue weighted by atomic mass is 16.4. The van der Waals surface area contributed by atoms with Gasteiger partial charge < -0.3 is 14.9 Å². The van der Waals surface area contributed by atoms with Gasteiger partial charge in [0.15, 0.2) is 0 Å². The van der Waals surface area contributed by atoms with Crippen molar-refractivity contribution in [2.45, 2.75) is 6.92 Å². The fourth-order valence-electron chi connectivity index (χ4n) is 3.59. The highest BCUT2D eigenvalue weighted by Crippen LogP contribution is 2.20. The predicted octanol–water partition coefficient (Wildman–Crippen LogP) is 3.48. The number of hydrogen-bond acceptors (Lipinski definition) is 3. The number of aromatic nitrogens is 2. The summed E-state index contributed by atoms with van der Waals surface area (Å²) in [4.78, 5) is 26.9. The molecule has 0 aliphatic carbocycles. The molecule has 0 saturated carbocycles. The van der Waals surface area contributed by atoms with Gasteiger partial charge in [-0.1, -0.05) is 36.4 Å². The number of rotatable bonds is 3. The molecule has 0 unspecified atom stereocenters. The van der Waals surface area contributed by atoms with Gasteiger partial charge in [0.2, 0.25) is 0 Å². The summed E-state index contributed by atoms with van der Waals surface area (Å²) >= 11 is 0. The van der Waals surface area contributed by atoms with E-state index in [2.05, 4.69) is 10.2 Å². The number of para-hydroxylation sites is 1. The molecule has 1 saturated heterocycles. The van der Waals surface area contributed by atoms with E-state index in [0.717, 1.165) is 27.7 Å². The summed E-state index contributed by atoms with van der Waals surface area (Å²) in [6, 6.07) is 13.7. The molecule has 0 radical (unpaired) electrons. The van der Waals surface area contributed by atoms with Crippen LogP contribution in [0.4, 0.5) is 4.79 Å². The van der Waals surface area contributed by atoms with Crippen molar-refractivity contribution in [3.05, 3.63) is 64.8 Å². The van der Waals surface area contributed by atoms with Crippen LogP contribution in [0.15, 0.2) is 42.5 Å². The van der Waals surface area contributed by atoms with Gasteiger partial charge in [-0.05, 0) is 36.3 Å². The predicted molar refractivity (Wildman–Crippen MR) is 112 cm³/mol. The number of carboxylic acid groups (broad SMARTS) is 1. The van der Waals surface area contributed by atoms with Crippen molar-refractivity contribution in [3.63, 3.8) is 0 Å². The molecule has 1 aliphatic rings. The molecule has 7 nitrogen and oxygen atoms in total. The molecule has 2 amide bonds. The molecule has 1 aliphatic heterocycles. The van der Waals surface area contributed by atoms with E-state index in [4.69, 9.17) is 5.11 Å². The maximum Gasteiger partial charge on any atom is 0.407 e. The number of carbonyl (C=O) groups is 2. The fourth-order valence-corrected chi connectivity index (χ4v) is 3.59. The van der Waals surface area contributed by atoms with E-state index in [0.29, 0.717) is 31.7 Å². The van der Waals surface area contributed by atoms with Gasteiger partial charge in [-0.2, -0.15) is 5.10 Å². The summed E-state index contributed by atoms with van der Waals surface area (Å²) < 4.78 is 0. The first-order chi connectivity index (χ1) is 14.0. The van der Waals surface area contributed by atoms with Crippen molar-refractivity contribution < 1.29 is 14.7 Å².